The first-order valence-corrected chi connectivity index (χ1v) is 6.36. The molecule has 1 aliphatic rings. The van der Waals surface area contributed by atoms with Gasteiger partial charge in [-0.15, -0.1) is 0 Å². The molecule has 0 spiro atoms. The molecule has 86 valence electrons. The fourth-order valence-electron chi connectivity index (χ4n) is 1.32. The van der Waals surface area contributed by atoms with Crippen molar-refractivity contribution in [2.45, 2.75) is 18.5 Å². The van der Waals surface area contributed by atoms with E-state index in [4.69, 9.17) is 9.02 Å². The quantitative estimate of drug-likeness (QED) is 0.744. The Morgan fingerprint density at radius 2 is 2.12 bits per heavy atom. The lowest BCUT2D eigenvalue weighted by atomic mass is 10.2. The fraction of sp³-hybridized carbons (Fsp3) is 0.300. The molecule has 0 fully saturated rings. The first-order chi connectivity index (χ1) is 7.66. The minimum atomic E-state index is -3.62. The van der Waals surface area contributed by atoms with Crippen molar-refractivity contribution in [3.05, 3.63) is 35.9 Å². The molecule has 16 heavy (non-hydrogen) atoms. The van der Waals surface area contributed by atoms with Crippen LogP contribution < -0.4 is 0 Å². The third kappa shape index (κ3) is 3.04. The van der Waals surface area contributed by atoms with Crippen LogP contribution in [0.1, 0.15) is 12.0 Å². The Hall–Kier alpha value is -1.40. The lowest BCUT2D eigenvalue weighted by Gasteiger charge is -2.09. The molecule has 1 unspecified atom stereocenters. The van der Waals surface area contributed by atoms with Crippen molar-refractivity contribution < 1.29 is 17.4 Å². The summed E-state index contributed by atoms with van der Waals surface area (Å²) in [4.78, 5) is 4.69. The number of rotatable bonds is 4. The number of hydrogen-bond donors (Lipinski definition) is 0. The lowest BCUT2D eigenvalue weighted by molar-refractivity contribution is -0.0529. The van der Waals surface area contributed by atoms with E-state index in [-0.39, 0.29) is 5.75 Å². The van der Waals surface area contributed by atoms with Gasteiger partial charge in [0.1, 0.15) is 5.75 Å². The van der Waals surface area contributed by atoms with E-state index in [9.17, 15) is 8.42 Å². The summed E-state index contributed by atoms with van der Waals surface area (Å²) in [7, 11) is -3.62. The molecule has 2 rings (SSSR count). The van der Waals surface area contributed by atoms with Crippen LogP contribution in [0.5, 0.6) is 0 Å². The van der Waals surface area contributed by atoms with Gasteiger partial charge in [0.05, 0.1) is 12.6 Å². The van der Waals surface area contributed by atoms with Crippen LogP contribution in [0.2, 0.25) is 0 Å². The molecule has 1 aromatic rings. The average Bonchev–Trinajstić information content (AvgIpc) is 2.70. The van der Waals surface area contributed by atoms with Crippen LogP contribution in [0.15, 0.2) is 35.5 Å². The molecular weight excluding hydrogens is 230 g/mol. The Bertz CT molecular complexity index is 461. The molecule has 1 aromatic carbocycles. The van der Waals surface area contributed by atoms with Gasteiger partial charge in [-0.3, -0.25) is 0 Å². The summed E-state index contributed by atoms with van der Waals surface area (Å²) in [5, 5.41) is 3.44. The molecule has 0 saturated heterocycles. The van der Waals surface area contributed by atoms with Crippen molar-refractivity contribution in [2.24, 2.45) is 5.16 Å². The van der Waals surface area contributed by atoms with Crippen LogP contribution in [0.25, 0.3) is 0 Å². The van der Waals surface area contributed by atoms with Gasteiger partial charge in [-0.2, -0.15) is 8.42 Å². The third-order valence-corrected chi connectivity index (χ3v) is 3.19. The standard InChI is InChI=1S/C10H11NO4S/c12-16(13,15-10-6-7-11-14-10)8-9-4-2-1-3-5-9/h1-5,7,10H,6,8H2. The summed E-state index contributed by atoms with van der Waals surface area (Å²) < 4.78 is 28.0. The summed E-state index contributed by atoms with van der Waals surface area (Å²) in [5.74, 6) is -0.159. The van der Waals surface area contributed by atoms with Gasteiger partial charge in [-0.25, -0.2) is 4.18 Å². The second-order valence-electron chi connectivity index (χ2n) is 3.34. The Morgan fingerprint density at radius 1 is 1.38 bits per heavy atom. The zero-order valence-corrected chi connectivity index (χ0v) is 9.26. The topological polar surface area (TPSA) is 65.0 Å². The predicted molar refractivity (Wildman–Crippen MR) is 58.1 cm³/mol. The van der Waals surface area contributed by atoms with Crippen molar-refractivity contribution >= 4 is 16.3 Å². The first kappa shape index (κ1) is 11.1. The van der Waals surface area contributed by atoms with Crippen LogP contribution in [0.4, 0.5) is 0 Å². The van der Waals surface area contributed by atoms with Crippen molar-refractivity contribution in [1.82, 2.24) is 0 Å². The van der Waals surface area contributed by atoms with Gasteiger partial charge in [-0.1, -0.05) is 35.5 Å². The molecule has 0 saturated carbocycles. The van der Waals surface area contributed by atoms with E-state index in [1.165, 1.54) is 6.21 Å². The van der Waals surface area contributed by atoms with E-state index < -0.39 is 16.4 Å². The Balaban J connectivity index is 1.98. The maximum Gasteiger partial charge on any atom is 0.274 e. The molecule has 0 N–H and O–H groups in total. The first-order valence-electron chi connectivity index (χ1n) is 4.78. The Morgan fingerprint density at radius 3 is 2.75 bits per heavy atom. The molecule has 0 amide bonds. The molecule has 1 heterocycles. The summed E-state index contributed by atoms with van der Waals surface area (Å²) in [6.45, 7) is 0. The molecule has 0 radical (unpaired) electrons. The van der Waals surface area contributed by atoms with E-state index in [0.29, 0.717) is 12.0 Å². The Kier molecular flexibility index (Phi) is 3.21. The SMILES string of the molecule is O=S(=O)(Cc1ccccc1)OC1CC=NO1. The van der Waals surface area contributed by atoms with Crippen LogP contribution in [0, 0.1) is 0 Å². The van der Waals surface area contributed by atoms with Gasteiger partial charge < -0.3 is 4.84 Å². The van der Waals surface area contributed by atoms with Gasteiger partial charge in [0.15, 0.2) is 0 Å². The molecule has 0 aromatic heterocycles. The zero-order chi connectivity index (χ0) is 11.4. The number of nitrogens with zero attached hydrogens (tertiary/aromatic N) is 1. The van der Waals surface area contributed by atoms with Gasteiger partial charge >= 0.3 is 0 Å². The molecule has 6 heteroatoms. The maximum atomic E-state index is 11.6. The fourth-order valence-corrected chi connectivity index (χ4v) is 2.43. The second kappa shape index (κ2) is 4.63. The van der Waals surface area contributed by atoms with Crippen LogP contribution in [-0.2, 0) is 24.9 Å². The van der Waals surface area contributed by atoms with Crippen molar-refractivity contribution in [3.63, 3.8) is 0 Å². The summed E-state index contributed by atoms with van der Waals surface area (Å²) >= 11 is 0. The monoisotopic (exact) mass is 241 g/mol. The maximum absolute atomic E-state index is 11.6. The minimum Gasteiger partial charge on any atom is -0.362 e. The van der Waals surface area contributed by atoms with Gasteiger partial charge in [0.25, 0.3) is 10.1 Å². The molecule has 0 aliphatic carbocycles. The average molecular weight is 241 g/mol. The van der Waals surface area contributed by atoms with Crippen molar-refractivity contribution in [1.29, 1.82) is 0 Å². The number of oxime groups is 1. The molecule has 0 bridgehead atoms. The van der Waals surface area contributed by atoms with Gasteiger partial charge in [-0.05, 0) is 5.56 Å². The van der Waals surface area contributed by atoms with E-state index in [1.807, 2.05) is 6.07 Å². The largest absolute Gasteiger partial charge is 0.362 e. The number of benzene rings is 1. The van der Waals surface area contributed by atoms with E-state index in [1.54, 1.807) is 24.3 Å². The predicted octanol–water partition coefficient (Wildman–Crippen LogP) is 1.27. The Labute approximate surface area is 93.8 Å². The van der Waals surface area contributed by atoms with Crippen molar-refractivity contribution in [3.8, 4) is 0 Å². The molecule has 5 nitrogen and oxygen atoms in total. The summed E-state index contributed by atoms with van der Waals surface area (Å²) in [5.41, 5.74) is 0.682. The van der Waals surface area contributed by atoms with E-state index >= 15 is 0 Å². The lowest BCUT2D eigenvalue weighted by Crippen LogP contribution is -2.18. The van der Waals surface area contributed by atoms with Crippen LogP contribution in [0.3, 0.4) is 0 Å². The van der Waals surface area contributed by atoms with E-state index in [2.05, 4.69) is 5.16 Å². The highest BCUT2D eigenvalue weighted by Crippen LogP contribution is 2.14. The zero-order valence-electron chi connectivity index (χ0n) is 8.44. The minimum absolute atomic E-state index is 0.159. The smallest absolute Gasteiger partial charge is 0.274 e. The summed E-state index contributed by atoms with van der Waals surface area (Å²) in [6.07, 6.45) is 1.02. The third-order valence-electron chi connectivity index (χ3n) is 1.99. The highest BCUT2D eigenvalue weighted by atomic mass is 32.2. The second-order valence-corrected chi connectivity index (χ2v) is 4.94. The van der Waals surface area contributed by atoms with Crippen LogP contribution >= 0.6 is 0 Å². The van der Waals surface area contributed by atoms with Gasteiger partial charge in [0.2, 0.25) is 6.29 Å². The van der Waals surface area contributed by atoms with E-state index in [0.717, 1.165) is 0 Å². The van der Waals surface area contributed by atoms with Crippen LogP contribution in [-0.4, -0.2) is 20.9 Å². The molecule has 1 atom stereocenters. The van der Waals surface area contributed by atoms with Crippen molar-refractivity contribution in [2.75, 3.05) is 0 Å². The molecule has 1 aliphatic heterocycles. The highest BCUT2D eigenvalue weighted by molar-refractivity contribution is 7.85. The summed E-state index contributed by atoms with van der Waals surface area (Å²) in [6, 6.07) is 8.84. The normalized spacial score (nSPS) is 19.6. The number of hydrogen-bond acceptors (Lipinski definition) is 5. The molecular formula is C10H11NO4S. The highest BCUT2D eigenvalue weighted by Gasteiger charge is 2.23. The van der Waals surface area contributed by atoms with Gasteiger partial charge in [0, 0.05) is 0 Å².